The summed E-state index contributed by atoms with van der Waals surface area (Å²) >= 11 is 6.17. The highest BCUT2D eigenvalue weighted by atomic mass is 35.5. The SMILES string of the molecule is COc1cccc2oc(-c3nc4ccccc4c(=O)n3N=Cc3cc(Cl)ccc3O[C@H](C)C(=O)O)cc12. The van der Waals surface area contributed by atoms with Crippen LogP contribution in [0.1, 0.15) is 12.5 Å². The second-order valence-corrected chi connectivity index (χ2v) is 8.51. The van der Waals surface area contributed by atoms with Crippen LogP contribution in [0.2, 0.25) is 5.02 Å². The Labute approximate surface area is 215 Å². The highest BCUT2D eigenvalue weighted by molar-refractivity contribution is 6.30. The van der Waals surface area contributed by atoms with Crippen LogP contribution in [0.4, 0.5) is 0 Å². The fourth-order valence-corrected chi connectivity index (χ4v) is 3.98. The zero-order valence-electron chi connectivity index (χ0n) is 19.7. The van der Waals surface area contributed by atoms with Crippen LogP contribution in [0.5, 0.6) is 11.5 Å². The quantitative estimate of drug-likeness (QED) is 0.295. The maximum atomic E-state index is 13.5. The molecule has 0 fully saturated rings. The van der Waals surface area contributed by atoms with Crippen molar-refractivity contribution in [2.45, 2.75) is 13.0 Å². The van der Waals surface area contributed by atoms with E-state index in [1.807, 2.05) is 0 Å². The number of fused-ring (bicyclic) bond motifs is 2. The van der Waals surface area contributed by atoms with Crippen molar-refractivity contribution >= 4 is 45.7 Å². The van der Waals surface area contributed by atoms with Crippen molar-refractivity contribution < 1.29 is 23.8 Å². The van der Waals surface area contributed by atoms with Gasteiger partial charge >= 0.3 is 5.97 Å². The van der Waals surface area contributed by atoms with E-state index in [0.717, 1.165) is 4.68 Å². The van der Waals surface area contributed by atoms with Gasteiger partial charge in [-0.15, -0.1) is 0 Å². The van der Waals surface area contributed by atoms with Crippen LogP contribution in [0.15, 0.2) is 81.0 Å². The molecule has 1 atom stereocenters. The largest absolute Gasteiger partial charge is 0.496 e. The number of furan rings is 1. The minimum atomic E-state index is -1.13. The average molecular weight is 518 g/mol. The Kier molecular flexibility index (Phi) is 6.37. The van der Waals surface area contributed by atoms with E-state index in [-0.39, 0.29) is 11.6 Å². The predicted molar refractivity (Wildman–Crippen MR) is 140 cm³/mol. The Morgan fingerprint density at radius 3 is 2.70 bits per heavy atom. The molecule has 10 heteroatoms. The van der Waals surface area contributed by atoms with Crippen molar-refractivity contribution in [2.75, 3.05) is 7.11 Å². The van der Waals surface area contributed by atoms with Gasteiger partial charge in [-0.2, -0.15) is 9.78 Å². The molecule has 9 nitrogen and oxygen atoms in total. The van der Waals surface area contributed by atoms with Gasteiger partial charge in [0.25, 0.3) is 5.56 Å². The first-order chi connectivity index (χ1) is 17.9. The van der Waals surface area contributed by atoms with Gasteiger partial charge in [0.1, 0.15) is 17.1 Å². The molecule has 186 valence electrons. The number of carboxylic acid groups (broad SMARTS) is 1. The number of methoxy groups -OCH3 is 1. The number of nitrogens with zero attached hydrogens (tertiary/aromatic N) is 3. The summed E-state index contributed by atoms with van der Waals surface area (Å²) in [4.78, 5) is 29.5. The van der Waals surface area contributed by atoms with Gasteiger partial charge in [-0.1, -0.05) is 29.8 Å². The number of rotatable bonds is 7. The second kappa shape index (κ2) is 9.79. The van der Waals surface area contributed by atoms with Crippen LogP contribution in [0.3, 0.4) is 0 Å². The number of carbonyl (C=O) groups is 1. The molecule has 0 bridgehead atoms. The lowest BCUT2D eigenvalue weighted by molar-refractivity contribution is -0.144. The molecule has 0 unspecified atom stereocenters. The van der Waals surface area contributed by atoms with E-state index < -0.39 is 17.6 Å². The molecular weight excluding hydrogens is 498 g/mol. The first kappa shape index (κ1) is 24.1. The molecule has 0 saturated carbocycles. The van der Waals surface area contributed by atoms with E-state index in [2.05, 4.69) is 10.1 Å². The Hall–Kier alpha value is -4.63. The minimum absolute atomic E-state index is 0.168. The van der Waals surface area contributed by atoms with Gasteiger partial charge in [0.15, 0.2) is 11.9 Å². The number of aliphatic carboxylic acids is 1. The molecule has 0 spiro atoms. The van der Waals surface area contributed by atoms with E-state index in [0.29, 0.717) is 44.0 Å². The number of hydrogen-bond acceptors (Lipinski definition) is 7. The van der Waals surface area contributed by atoms with Crippen LogP contribution >= 0.6 is 11.6 Å². The third-order valence-corrected chi connectivity index (χ3v) is 5.89. The summed E-state index contributed by atoms with van der Waals surface area (Å²) in [7, 11) is 1.56. The summed E-state index contributed by atoms with van der Waals surface area (Å²) in [5.74, 6) is 0.192. The van der Waals surface area contributed by atoms with Crippen molar-refractivity contribution in [3.63, 3.8) is 0 Å². The molecule has 0 aliphatic heterocycles. The van der Waals surface area contributed by atoms with Crippen LogP contribution in [0, 0.1) is 0 Å². The number of benzene rings is 3. The predicted octanol–water partition coefficient (Wildman–Crippen LogP) is 5.21. The maximum absolute atomic E-state index is 13.5. The van der Waals surface area contributed by atoms with E-state index in [1.54, 1.807) is 67.8 Å². The number of halogens is 1. The molecule has 5 rings (SSSR count). The van der Waals surface area contributed by atoms with E-state index in [1.165, 1.54) is 19.2 Å². The van der Waals surface area contributed by atoms with Crippen LogP contribution in [-0.4, -0.2) is 40.2 Å². The molecule has 0 radical (unpaired) electrons. The summed E-state index contributed by atoms with van der Waals surface area (Å²) in [5.41, 5.74) is 0.981. The molecular formula is C27H20ClN3O6. The summed E-state index contributed by atoms with van der Waals surface area (Å²) < 4.78 is 18.1. The third kappa shape index (κ3) is 4.64. The Bertz CT molecular complexity index is 1740. The van der Waals surface area contributed by atoms with Gasteiger partial charge in [0.05, 0.1) is 29.6 Å². The number of aromatic nitrogens is 2. The van der Waals surface area contributed by atoms with Crippen molar-refractivity contribution in [3.05, 3.63) is 87.7 Å². The fourth-order valence-electron chi connectivity index (χ4n) is 3.80. The molecule has 0 saturated heterocycles. The lowest BCUT2D eigenvalue weighted by Crippen LogP contribution is -2.23. The minimum Gasteiger partial charge on any atom is -0.496 e. The lowest BCUT2D eigenvalue weighted by Gasteiger charge is -2.13. The topological polar surface area (TPSA) is 116 Å². The standard InChI is InChI=1S/C27H20ClN3O6/c1-15(27(33)34)36-21-11-10-17(28)12-16(21)14-29-31-25(30-20-7-4-3-6-18(20)26(31)32)24-13-19-22(35-2)8-5-9-23(19)37-24/h3-15H,1-2H3,(H,33,34)/t15-/m1/s1. The zero-order chi connectivity index (χ0) is 26.1. The fraction of sp³-hybridized carbons (Fsp3) is 0.111. The summed E-state index contributed by atoms with van der Waals surface area (Å²) in [6, 6.07) is 18.7. The average Bonchev–Trinajstić information content (AvgIpc) is 3.33. The zero-order valence-corrected chi connectivity index (χ0v) is 20.5. The first-order valence-electron chi connectivity index (χ1n) is 11.2. The Morgan fingerprint density at radius 2 is 1.92 bits per heavy atom. The lowest BCUT2D eigenvalue weighted by atomic mass is 10.2. The first-order valence-corrected chi connectivity index (χ1v) is 11.6. The third-order valence-electron chi connectivity index (χ3n) is 5.65. The second-order valence-electron chi connectivity index (χ2n) is 8.08. The van der Waals surface area contributed by atoms with Crippen molar-refractivity contribution in [3.8, 4) is 23.1 Å². The van der Waals surface area contributed by atoms with Gasteiger partial charge in [-0.05, 0) is 55.5 Å². The molecule has 2 aromatic heterocycles. The Morgan fingerprint density at radius 1 is 1.11 bits per heavy atom. The van der Waals surface area contributed by atoms with Gasteiger partial charge in [0.2, 0.25) is 5.82 Å². The number of hydrogen-bond donors (Lipinski definition) is 1. The maximum Gasteiger partial charge on any atom is 0.344 e. The summed E-state index contributed by atoms with van der Waals surface area (Å²) in [6.07, 6.45) is 0.250. The molecule has 2 heterocycles. The van der Waals surface area contributed by atoms with Crippen molar-refractivity contribution in [1.29, 1.82) is 0 Å². The van der Waals surface area contributed by atoms with E-state index >= 15 is 0 Å². The normalized spacial score (nSPS) is 12.3. The highest BCUT2D eigenvalue weighted by Crippen LogP contribution is 2.33. The monoisotopic (exact) mass is 517 g/mol. The smallest absolute Gasteiger partial charge is 0.344 e. The van der Waals surface area contributed by atoms with E-state index in [4.69, 9.17) is 25.5 Å². The van der Waals surface area contributed by atoms with Gasteiger partial charge < -0.3 is 19.0 Å². The van der Waals surface area contributed by atoms with Crippen molar-refractivity contribution in [1.82, 2.24) is 9.66 Å². The van der Waals surface area contributed by atoms with Crippen LogP contribution < -0.4 is 15.0 Å². The molecule has 0 aliphatic carbocycles. The van der Waals surface area contributed by atoms with Crippen molar-refractivity contribution in [2.24, 2.45) is 5.10 Å². The van der Waals surface area contributed by atoms with Gasteiger partial charge in [-0.3, -0.25) is 4.79 Å². The number of para-hydroxylation sites is 1. The summed E-state index contributed by atoms with van der Waals surface area (Å²) in [5, 5.41) is 15.1. The van der Waals surface area contributed by atoms with Crippen LogP contribution in [0.25, 0.3) is 33.5 Å². The molecule has 1 N–H and O–H groups in total. The Balaban J connectivity index is 1.69. The molecule has 0 aliphatic rings. The molecule has 37 heavy (non-hydrogen) atoms. The highest BCUT2D eigenvalue weighted by Gasteiger charge is 2.19. The van der Waals surface area contributed by atoms with Gasteiger partial charge in [0, 0.05) is 10.6 Å². The number of ether oxygens (including phenoxy) is 2. The molecule has 5 aromatic rings. The van der Waals surface area contributed by atoms with Crippen LogP contribution in [-0.2, 0) is 4.79 Å². The van der Waals surface area contributed by atoms with E-state index in [9.17, 15) is 14.7 Å². The molecule has 3 aromatic carbocycles. The van der Waals surface area contributed by atoms with Gasteiger partial charge in [-0.25, -0.2) is 9.78 Å². The summed E-state index contributed by atoms with van der Waals surface area (Å²) in [6.45, 7) is 1.41. The molecule has 0 amide bonds. The number of carboxylic acids is 1.